The first-order chi connectivity index (χ1) is 10.3. The van der Waals surface area contributed by atoms with Gasteiger partial charge in [-0.1, -0.05) is 5.16 Å². The van der Waals surface area contributed by atoms with E-state index in [1.165, 1.54) is 0 Å². The van der Waals surface area contributed by atoms with Crippen LogP contribution in [0, 0.1) is 0 Å². The van der Waals surface area contributed by atoms with Crippen molar-refractivity contribution in [1.29, 1.82) is 0 Å². The maximum atomic E-state index is 5.36. The van der Waals surface area contributed by atoms with Crippen LogP contribution in [0.5, 0.6) is 5.75 Å². The number of rotatable bonds is 4. The van der Waals surface area contributed by atoms with Gasteiger partial charge in [0, 0.05) is 31.2 Å². The molecule has 7 heteroatoms. The summed E-state index contributed by atoms with van der Waals surface area (Å²) in [7, 11) is 1.65. The fourth-order valence-electron chi connectivity index (χ4n) is 2.47. The maximum Gasteiger partial charge on any atom is 0.257 e. The Kier molecular flexibility index (Phi) is 5.76. The Morgan fingerprint density at radius 1 is 1.36 bits per heavy atom. The zero-order valence-corrected chi connectivity index (χ0v) is 13.6. The Morgan fingerprint density at radius 2 is 2.14 bits per heavy atom. The molecule has 2 aromatic rings. The first-order valence-corrected chi connectivity index (χ1v) is 7.18. The van der Waals surface area contributed by atoms with E-state index in [4.69, 9.17) is 9.26 Å². The summed E-state index contributed by atoms with van der Waals surface area (Å²) in [6.07, 6.45) is 0. The normalized spacial score (nSPS) is 18.7. The third-order valence-electron chi connectivity index (χ3n) is 3.79. The van der Waals surface area contributed by atoms with Gasteiger partial charge in [0.15, 0.2) is 5.82 Å². The highest BCUT2D eigenvalue weighted by Crippen LogP contribution is 2.21. The van der Waals surface area contributed by atoms with E-state index < -0.39 is 0 Å². The summed E-state index contributed by atoms with van der Waals surface area (Å²) in [6, 6.07) is 8.10. The molecule has 1 fully saturated rings. The molecule has 1 aliphatic rings. The molecular weight excluding hydrogens is 304 g/mol. The van der Waals surface area contributed by atoms with Gasteiger partial charge in [-0.05, 0) is 31.2 Å². The van der Waals surface area contributed by atoms with Gasteiger partial charge in [-0.3, -0.25) is 4.90 Å². The molecule has 0 amide bonds. The molecule has 1 aromatic carbocycles. The molecule has 1 atom stereocenters. The average Bonchev–Trinajstić information content (AvgIpc) is 2.98. The van der Waals surface area contributed by atoms with Crippen molar-refractivity contribution in [2.24, 2.45) is 0 Å². The maximum absolute atomic E-state index is 5.36. The Labute approximate surface area is 136 Å². The van der Waals surface area contributed by atoms with Gasteiger partial charge < -0.3 is 14.6 Å². The molecule has 1 saturated heterocycles. The number of nitrogens with zero attached hydrogens (tertiary/aromatic N) is 3. The molecule has 0 aliphatic carbocycles. The van der Waals surface area contributed by atoms with E-state index in [9.17, 15) is 0 Å². The van der Waals surface area contributed by atoms with Gasteiger partial charge in [-0.15, -0.1) is 12.4 Å². The van der Waals surface area contributed by atoms with Crippen LogP contribution in [-0.4, -0.2) is 47.8 Å². The molecule has 3 rings (SSSR count). The molecule has 1 N–H and O–H groups in total. The van der Waals surface area contributed by atoms with Crippen molar-refractivity contribution < 1.29 is 9.26 Å². The molecule has 120 valence electrons. The number of halogens is 1. The van der Waals surface area contributed by atoms with E-state index in [1.54, 1.807) is 7.11 Å². The molecule has 2 heterocycles. The number of methoxy groups -OCH3 is 1. The molecular formula is C15H21ClN4O2. The summed E-state index contributed by atoms with van der Waals surface area (Å²) >= 11 is 0. The van der Waals surface area contributed by atoms with Crippen LogP contribution in [0.1, 0.15) is 12.7 Å². The molecule has 0 unspecified atom stereocenters. The van der Waals surface area contributed by atoms with Crippen molar-refractivity contribution in [3.8, 4) is 17.2 Å². The van der Waals surface area contributed by atoms with Gasteiger partial charge in [0.25, 0.3) is 5.89 Å². The topological polar surface area (TPSA) is 63.4 Å². The highest BCUT2D eigenvalue weighted by atomic mass is 35.5. The number of hydrogen-bond donors (Lipinski definition) is 1. The van der Waals surface area contributed by atoms with Gasteiger partial charge in [-0.25, -0.2) is 0 Å². The van der Waals surface area contributed by atoms with Crippen molar-refractivity contribution in [1.82, 2.24) is 20.4 Å². The SMILES string of the molecule is COc1ccc(-c2nc(CN3CCNC[C@@H]3C)no2)cc1.Cl. The molecule has 1 aromatic heterocycles. The molecule has 22 heavy (non-hydrogen) atoms. The lowest BCUT2D eigenvalue weighted by Crippen LogP contribution is -2.49. The predicted molar refractivity (Wildman–Crippen MR) is 86.3 cm³/mol. The molecule has 0 spiro atoms. The summed E-state index contributed by atoms with van der Waals surface area (Å²) in [4.78, 5) is 6.84. The minimum absolute atomic E-state index is 0. The van der Waals surface area contributed by atoms with E-state index in [2.05, 4.69) is 27.3 Å². The van der Waals surface area contributed by atoms with Gasteiger partial charge in [0.05, 0.1) is 13.7 Å². The second-order valence-corrected chi connectivity index (χ2v) is 5.27. The lowest BCUT2D eigenvalue weighted by molar-refractivity contribution is 0.160. The van der Waals surface area contributed by atoms with Crippen molar-refractivity contribution in [3.63, 3.8) is 0 Å². The second-order valence-electron chi connectivity index (χ2n) is 5.27. The third-order valence-corrected chi connectivity index (χ3v) is 3.79. The highest BCUT2D eigenvalue weighted by Gasteiger charge is 2.20. The van der Waals surface area contributed by atoms with Crippen LogP contribution in [0.2, 0.25) is 0 Å². The first-order valence-electron chi connectivity index (χ1n) is 7.18. The summed E-state index contributed by atoms with van der Waals surface area (Å²) in [6.45, 7) is 5.95. The van der Waals surface area contributed by atoms with Gasteiger partial charge in [-0.2, -0.15) is 4.98 Å². The smallest absolute Gasteiger partial charge is 0.257 e. The monoisotopic (exact) mass is 324 g/mol. The first kappa shape index (κ1) is 16.7. The minimum atomic E-state index is 0. The van der Waals surface area contributed by atoms with Crippen LogP contribution in [0.15, 0.2) is 28.8 Å². The summed E-state index contributed by atoms with van der Waals surface area (Å²) in [5.74, 6) is 2.10. The Hall–Kier alpha value is -1.63. The zero-order valence-electron chi connectivity index (χ0n) is 12.8. The number of benzene rings is 1. The largest absolute Gasteiger partial charge is 0.497 e. The van der Waals surface area contributed by atoms with Crippen LogP contribution < -0.4 is 10.1 Å². The zero-order chi connectivity index (χ0) is 14.7. The fraction of sp³-hybridized carbons (Fsp3) is 0.467. The van der Waals surface area contributed by atoms with Gasteiger partial charge in [0.1, 0.15) is 5.75 Å². The Balaban J connectivity index is 0.00000176. The van der Waals surface area contributed by atoms with Crippen LogP contribution in [0.3, 0.4) is 0 Å². The van der Waals surface area contributed by atoms with Crippen LogP contribution >= 0.6 is 12.4 Å². The molecule has 6 nitrogen and oxygen atoms in total. The van der Waals surface area contributed by atoms with Crippen molar-refractivity contribution in [2.45, 2.75) is 19.5 Å². The quantitative estimate of drug-likeness (QED) is 0.927. The van der Waals surface area contributed by atoms with Gasteiger partial charge >= 0.3 is 0 Å². The predicted octanol–water partition coefficient (Wildman–Crippen LogP) is 1.96. The number of hydrogen-bond acceptors (Lipinski definition) is 6. The second kappa shape index (κ2) is 7.58. The number of aromatic nitrogens is 2. The Bertz CT molecular complexity index is 587. The summed E-state index contributed by atoms with van der Waals surface area (Å²) in [5, 5.41) is 7.46. The highest BCUT2D eigenvalue weighted by molar-refractivity contribution is 5.85. The molecule has 1 aliphatic heterocycles. The van der Waals surface area contributed by atoms with E-state index >= 15 is 0 Å². The number of piperazine rings is 1. The van der Waals surface area contributed by atoms with Crippen molar-refractivity contribution >= 4 is 12.4 Å². The van der Waals surface area contributed by atoms with Crippen LogP contribution in [0.4, 0.5) is 0 Å². The van der Waals surface area contributed by atoms with Crippen LogP contribution in [0.25, 0.3) is 11.5 Å². The third kappa shape index (κ3) is 3.76. The molecule has 0 saturated carbocycles. The van der Waals surface area contributed by atoms with E-state index in [1.807, 2.05) is 24.3 Å². The van der Waals surface area contributed by atoms with Crippen molar-refractivity contribution in [2.75, 3.05) is 26.7 Å². The summed E-state index contributed by atoms with van der Waals surface area (Å²) < 4.78 is 10.5. The fourth-order valence-corrected chi connectivity index (χ4v) is 2.47. The number of ether oxygens (including phenoxy) is 1. The lowest BCUT2D eigenvalue weighted by Gasteiger charge is -2.32. The van der Waals surface area contributed by atoms with E-state index in [0.717, 1.165) is 43.3 Å². The van der Waals surface area contributed by atoms with E-state index in [-0.39, 0.29) is 12.4 Å². The average molecular weight is 325 g/mol. The van der Waals surface area contributed by atoms with Crippen LogP contribution in [-0.2, 0) is 6.54 Å². The minimum Gasteiger partial charge on any atom is -0.497 e. The number of nitrogens with one attached hydrogen (secondary N) is 1. The standard InChI is InChI=1S/C15H20N4O2.ClH/c1-11-9-16-7-8-19(11)10-14-17-15(21-18-14)12-3-5-13(20-2)6-4-12;/h3-6,11,16H,7-10H2,1-2H3;1H/t11-;/m0./s1. The molecule has 0 radical (unpaired) electrons. The Morgan fingerprint density at radius 3 is 2.82 bits per heavy atom. The molecule has 0 bridgehead atoms. The van der Waals surface area contributed by atoms with Crippen molar-refractivity contribution in [3.05, 3.63) is 30.1 Å². The summed E-state index contributed by atoms with van der Waals surface area (Å²) in [5.41, 5.74) is 0.905. The lowest BCUT2D eigenvalue weighted by atomic mass is 10.2. The van der Waals surface area contributed by atoms with Gasteiger partial charge in [0.2, 0.25) is 0 Å². The van der Waals surface area contributed by atoms with E-state index in [0.29, 0.717) is 11.9 Å².